The van der Waals surface area contributed by atoms with Gasteiger partial charge in [-0.1, -0.05) is 21.1 Å². The van der Waals surface area contributed by atoms with Gasteiger partial charge in [-0.25, -0.2) is 4.68 Å². The van der Waals surface area contributed by atoms with Gasteiger partial charge in [-0.3, -0.25) is 0 Å². The molecule has 6 nitrogen and oxygen atoms in total. The smallest absolute Gasteiger partial charge is 0.160 e. The number of nitriles is 1. The molecule has 0 aliphatic rings. The summed E-state index contributed by atoms with van der Waals surface area (Å²) in [4.78, 5) is 0. The normalized spacial score (nSPS) is 11.8. The predicted octanol–water partition coefficient (Wildman–Crippen LogP) is 1.71. The Bertz CT molecular complexity index is 575. The van der Waals surface area contributed by atoms with Gasteiger partial charge < -0.3 is 10.4 Å². The lowest BCUT2D eigenvalue weighted by Crippen LogP contribution is -2.09. The number of halogens is 1. The van der Waals surface area contributed by atoms with Crippen molar-refractivity contribution in [3.05, 3.63) is 40.6 Å². The van der Waals surface area contributed by atoms with Crippen molar-refractivity contribution >= 4 is 21.6 Å². The zero-order valence-corrected chi connectivity index (χ0v) is 11.6. The fourth-order valence-corrected chi connectivity index (χ4v) is 1.81. The maximum atomic E-state index is 9.19. The second kappa shape index (κ2) is 6.31. The van der Waals surface area contributed by atoms with Crippen LogP contribution in [0.2, 0.25) is 0 Å². The van der Waals surface area contributed by atoms with Crippen LogP contribution in [0.3, 0.4) is 0 Å². The maximum absolute atomic E-state index is 9.19. The molecule has 1 aromatic heterocycles. The molecule has 7 heteroatoms. The van der Waals surface area contributed by atoms with E-state index in [0.29, 0.717) is 12.2 Å². The number of anilines is 1. The summed E-state index contributed by atoms with van der Waals surface area (Å²) in [5.74, 6) is 0. The van der Waals surface area contributed by atoms with E-state index in [0.717, 1.165) is 10.2 Å². The molecule has 1 atom stereocenters. The molecular formula is C12H12BrN5O. The minimum Gasteiger partial charge on any atom is -0.394 e. The standard InChI is InChI=1S/C12H12BrN5O/c13-9-1-3-10(4-2-9)15-11(7-14)12-8-18(5-6-19)17-16-12/h1-4,8,11,15,19H,5-6H2. The van der Waals surface area contributed by atoms with Crippen molar-refractivity contribution in [2.75, 3.05) is 11.9 Å². The van der Waals surface area contributed by atoms with E-state index in [1.165, 1.54) is 4.68 Å². The van der Waals surface area contributed by atoms with Crippen LogP contribution in [-0.4, -0.2) is 26.7 Å². The minimum absolute atomic E-state index is 0.0137. The highest BCUT2D eigenvalue weighted by Crippen LogP contribution is 2.19. The van der Waals surface area contributed by atoms with Crippen LogP contribution in [0.4, 0.5) is 5.69 Å². The molecule has 2 aromatic rings. The molecule has 19 heavy (non-hydrogen) atoms. The third kappa shape index (κ3) is 3.53. The molecule has 2 rings (SSSR count). The Labute approximate surface area is 118 Å². The third-order valence-electron chi connectivity index (χ3n) is 2.47. The quantitative estimate of drug-likeness (QED) is 0.875. The fourth-order valence-electron chi connectivity index (χ4n) is 1.54. The van der Waals surface area contributed by atoms with E-state index in [1.807, 2.05) is 24.3 Å². The van der Waals surface area contributed by atoms with Gasteiger partial charge >= 0.3 is 0 Å². The molecule has 0 aliphatic carbocycles. The lowest BCUT2D eigenvalue weighted by molar-refractivity contribution is 0.268. The lowest BCUT2D eigenvalue weighted by Gasteiger charge is -2.09. The zero-order chi connectivity index (χ0) is 13.7. The van der Waals surface area contributed by atoms with Gasteiger partial charge in [0, 0.05) is 10.2 Å². The summed E-state index contributed by atoms with van der Waals surface area (Å²) in [6, 6.07) is 9.07. The number of hydrogen-bond acceptors (Lipinski definition) is 5. The number of aromatic nitrogens is 3. The SMILES string of the molecule is N#CC(Nc1ccc(Br)cc1)c1cn(CCO)nn1. The first-order valence-electron chi connectivity index (χ1n) is 5.65. The molecule has 1 heterocycles. The third-order valence-corrected chi connectivity index (χ3v) is 2.99. The van der Waals surface area contributed by atoms with E-state index in [2.05, 4.69) is 37.6 Å². The van der Waals surface area contributed by atoms with Gasteiger partial charge in [-0.15, -0.1) is 5.10 Å². The van der Waals surface area contributed by atoms with E-state index >= 15 is 0 Å². The van der Waals surface area contributed by atoms with Crippen LogP contribution in [0.1, 0.15) is 11.7 Å². The topological polar surface area (TPSA) is 86.8 Å². The molecule has 0 saturated heterocycles. The summed E-state index contributed by atoms with van der Waals surface area (Å²) in [5, 5.41) is 28.8. The summed E-state index contributed by atoms with van der Waals surface area (Å²) < 4.78 is 2.48. The zero-order valence-electron chi connectivity index (χ0n) is 9.99. The summed E-state index contributed by atoms with van der Waals surface area (Å²) in [5.41, 5.74) is 1.35. The minimum atomic E-state index is -0.575. The number of rotatable bonds is 5. The van der Waals surface area contributed by atoms with Crippen LogP contribution in [0.25, 0.3) is 0 Å². The van der Waals surface area contributed by atoms with E-state index in [-0.39, 0.29) is 6.61 Å². The summed E-state index contributed by atoms with van der Waals surface area (Å²) in [7, 11) is 0. The fraction of sp³-hybridized carbons (Fsp3) is 0.250. The Morgan fingerprint density at radius 1 is 1.42 bits per heavy atom. The van der Waals surface area contributed by atoms with Gasteiger partial charge in [0.25, 0.3) is 0 Å². The van der Waals surface area contributed by atoms with E-state index < -0.39 is 6.04 Å². The number of aliphatic hydroxyl groups is 1. The highest BCUT2D eigenvalue weighted by Gasteiger charge is 2.14. The molecule has 98 valence electrons. The van der Waals surface area contributed by atoms with Gasteiger partial charge in [0.2, 0.25) is 0 Å². The number of nitrogens with one attached hydrogen (secondary N) is 1. The van der Waals surface area contributed by atoms with Crippen molar-refractivity contribution in [1.82, 2.24) is 15.0 Å². The van der Waals surface area contributed by atoms with Crippen molar-refractivity contribution in [3.63, 3.8) is 0 Å². The second-order valence-corrected chi connectivity index (χ2v) is 4.76. The van der Waals surface area contributed by atoms with Crippen molar-refractivity contribution in [3.8, 4) is 6.07 Å². The first kappa shape index (κ1) is 13.5. The largest absolute Gasteiger partial charge is 0.394 e. The second-order valence-electron chi connectivity index (χ2n) is 3.84. The first-order valence-corrected chi connectivity index (χ1v) is 6.45. The molecule has 0 radical (unpaired) electrons. The molecule has 2 N–H and O–H groups in total. The van der Waals surface area contributed by atoms with Crippen LogP contribution in [0, 0.1) is 11.3 Å². The number of aliphatic hydroxyl groups excluding tert-OH is 1. The van der Waals surface area contributed by atoms with Crippen molar-refractivity contribution < 1.29 is 5.11 Å². The monoisotopic (exact) mass is 321 g/mol. The van der Waals surface area contributed by atoms with Crippen molar-refractivity contribution in [2.24, 2.45) is 0 Å². The Balaban J connectivity index is 2.11. The van der Waals surface area contributed by atoms with Crippen LogP contribution in [0.15, 0.2) is 34.9 Å². The van der Waals surface area contributed by atoms with Gasteiger partial charge in [0.05, 0.1) is 25.4 Å². The molecule has 0 aliphatic heterocycles. The lowest BCUT2D eigenvalue weighted by atomic mass is 10.2. The maximum Gasteiger partial charge on any atom is 0.160 e. The van der Waals surface area contributed by atoms with Gasteiger partial charge in [-0.05, 0) is 24.3 Å². The average molecular weight is 322 g/mol. The summed E-state index contributed by atoms with van der Waals surface area (Å²) in [6.07, 6.45) is 1.65. The van der Waals surface area contributed by atoms with E-state index in [1.54, 1.807) is 6.20 Å². The van der Waals surface area contributed by atoms with Crippen LogP contribution < -0.4 is 5.32 Å². The molecular weight excluding hydrogens is 310 g/mol. The molecule has 1 unspecified atom stereocenters. The summed E-state index contributed by atoms with van der Waals surface area (Å²) in [6.45, 7) is 0.351. The molecule has 0 saturated carbocycles. The van der Waals surface area contributed by atoms with Crippen LogP contribution in [0.5, 0.6) is 0 Å². The molecule has 0 amide bonds. The highest BCUT2D eigenvalue weighted by molar-refractivity contribution is 9.10. The average Bonchev–Trinajstić information content (AvgIpc) is 2.87. The number of nitrogens with zero attached hydrogens (tertiary/aromatic N) is 4. The molecule has 1 aromatic carbocycles. The Kier molecular flexibility index (Phi) is 4.49. The van der Waals surface area contributed by atoms with E-state index in [4.69, 9.17) is 5.11 Å². The summed E-state index contributed by atoms with van der Waals surface area (Å²) >= 11 is 3.35. The number of hydrogen-bond donors (Lipinski definition) is 2. The molecule has 0 spiro atoms. The Morgan fingerprint density at radius 2 is 2.16 bits per heavy atom. The Hall–Kier alpha value is -1.91. The van der Waals surface area contributed by atoms with Crippen molar-refractivity contribution in [2.45, 2.75) is 12.6 Å². The number of benzene rings is 1. The first-order chi connectivity index (χ1) is 9.22. The molecule has 0 fully saturated rings. The van der Waals surface area contributed by atoms with Gasteiger partial charge in [0.1, 0.15) is 5.69 Å². The van der Waals surface area contributed by atoms with E-state index in [9.17, 15) is 5.26 Å². The van der Waals surface area contributed by atoms with Crippen LogP contribution >= 0.6 is 15.9 Å². The van der Waals surface area contributed by atoms with Crippen LogP contribution in [-0.2, 0) is 6.54 Å². The molecule has 0 bridgehead atoms. The predicted molar refractivity (Wildman–Crippen MR) is 73.2 cm³/mol. The highest BCUT2D eigenvalue weighted by atomic mass is 79.9. The van der Waals surface area contributed by atoms with Gasteiger partial charge in [0.15, 0.2) is 6.04 Å². The van der Waals surface area contributed by atoms with Crippen molar-refractivity contribution in [1.29, 1.82) is 5.26 Å². The van der Waals surface area contributed by atoms with Gasteiger partial charge in [-0.2, -0.15) is 5.26 Å². The Morgan fingerprint density at radius 3 is 2.79 bits per heavy atom.